The van der Waals surface area contributed by atoms with Gasteiger partial charge in [0.25, 0.3) is 0 Å². The molecule has 4 heteroatoms. The third-order valence-corrected chi connectivity index (χ3v) is 4.44. The highest BCUT2D eigenvalue weighted by Gasteiger charge is 2.07. The van der Waals surface area contributed by atoms with E-state index in [1.165, 1.54) is 13.7 Å². The first-order chi connectivity index (χ1) is 6.72. The molecule has 1 nitrogen and oxygen atoms in total. The molecule has 0 aliphatic rings. The number of thiophene rings is 1. The van der Waals surface area contributed by atoms with Crippen molar-refractivity contribution in [2.75, 3.05) is 6.61 Å². The number of hydrogen-bond donors (Lipinski definition) is 0. The molecule has 1 aromatic heterocycles. The summed E-state index contributed by atoms with van der Waals surface area (Å²) in [6.45, 7) is 2.60. The van der Waals surface area contributed by atoms with Crippen LogP contribution in [0.2, 0.25) is 5.02 Å². The smallest absolute Gasteiger partial charge is 0.139 e. The van der Waals surface area contributed by atoms with Crippen molar-refractivity contribution in [2.45, 2.75) is 6.92 Å². The van der Waals surface area contributed by atoms with Crippen LogP contribution in [0.4, 0.5) is 0 Å². The van der Waals surface area contributed by atoms with Crippen molar-refractivity contribution in [3.8, 4) is 5.75 Å². The molecule has 0 saturated carbocycles. The molecule has 0 N–H and O–H groups in total. The fraction of sp³-hybridized carbons (Fsp3) is 0.200. The molecule has 0 unspecified atom stereocenters. The lowest BCUT2D eigenvalue weighted by atomic mass is 10.2. The lowest BCUT2D eigenvalue weighted by Gasteiger charge is -2.05. The van der Waals surface area contributed by atoms with E-state index in [2.05, 4.69) is 28.0 Å². The Balaban J connectivity index is 2.60. The minimum absolute atomic E-state index is 0.647. The molecule has 0 atom stereocenters. The maximum absolute atomic E-state index is 6.09. The fourth-order valence-electron chi connectivity index (χ4n) is 1.26. The summed E-state index contributed by atoms with van der Waals surface area (Å²) >= 11 is 10.1. The molecule has 0 bridgehead atoms. The van der Waals surface area contributed by atoms with Gasteiger partial charge < -0.3 is 4.74 Å². The Labute approximate surface area is 105 Å². The second-order valence-electron chi connectivity index (χ2n) is 2.80. The number of halogens is 2. The minimum atomic E-state index is 0.647. The van der Waals surface area contributed by atoms with Gasteiger partial charge in [-0.2, -0.15) is 0 Å². The molecular formula is C10H8ClIOS. The third-order valence-electron chi connectivity index (χ3n) is 1.88. The highest BCUT2D eigenvalue weighted by Crippen LogP contribution is 2.35. The summed E-state index contributed by atoms with van der Waals surface area (Å²) in [6, 6.07) is 3.98. The summed E-state index contributed by atoms with van der Waals surface area (Å²) < 4.78 is 7.89. The van der Waals surface area contributed by atoms with Gasteiger partial charge in [-0.15, -0.1) is 11.3 Å². The normalized spacial score (nSPS) is 10.8. The van der Waals surface area contributed by atoms with Crippen molar-refractivity contribution in [2.24, 2.45) is 0 Å². The Kier molecular flexibility index (Phi) is 3.19. The van der Waals surface area contributed by atoms with E-state index in [0.29, 0.717) is 11.6 Å². The zero-order chi connectivity index (χ0) is 10.1. The molecule has 0 fully saturated rings. The molecule has 1 aromatic carbocycles. The maximum atomic E-state index is 6.09. The second kappa shape index (κ2) is 4.24. The van der Waals surface area contributed by atoms with Crippen molar-refractivity contribution in [3.63, 3.8) is 0 Å². The van der Waals surface area contributed by atoms with Crippen LogP contribution in [0.15, 0.2) is 17.5 Å². The zero-order valence-corrected chi connectivity index (χ0v) is 11.2. The van der Waals surface area contributed by atoms with Crippen molar-refractivity contribution < 1.29 is 4.74 Å². The van der Waals surface area contributed by atoms with Crippen molar-refractivity contribution in [1.29, 1.82) is 0 Å². The van der Waals surface area contributed by atoms with Crippen molar-refractivity contribution >= 4 is 55.6 Å². The first-order valence-corrected chi connectivity index (χ1v) is 6.55. The van der Waals surface area contributed by atoms with Gasteiger partial charge in [-0.25, -0.2) is 0 Å². The standard InChI is InChI=1S/C10H8ClIOS/c1-2-13-9-4-10-6(3-7(9)11)8(12)5-14-10/h3-5H,2H2,1H3. The molecular weight excluding hydrogens is 331 g/mol. The molecule has 1 heterocycles. The number of rotatable bonds is 2. The van der Waals surface area contributed by atoms with Gasteiger partial charge in [0, 0.05) is 19.0 Å². The van der Waals surface area contributed by atoms with Crippen LogP contribution in [0, 0.1) is 3.57 Å². The topological polar surface area (TPSA) is 9.23 Å². The van der Waals surface area contributed by atoms with E-state index in [4.69, 9.17) is 16.3 Å². The maximum Gasteiger partial charge on any atom is 0.139 e. The van der Waals surface area contributed by atoms with Crippen LogP contribution < -0.4 is 4.74 Å². The monoisotopic (exact) mass is 338 g/mol. The molecule has 0 aliphatic carbocycles. The Hall–Kier alpha value is -0.000000000000000167. The van der Waals surface area contributed by atoms with Crippen molar-refractivity contribution in [3.05, 3.63) is 26.1 Å². The van der Waals surface area contributed by atoms with Crippen LogP contribution in [0.5, 0.6) is 5.75 Å². The molecule has 0 aliphatic heterocycles. The van der Waals surface area contributed by atoms with Crippen LogP contribution in [0.25, 0.3) is 10.1 Å². The van der Waals surface area contributed by atoms with Crippen LogP contribution in [-0.2, 0) is 0 Å². The SMILES string of the molecule is CCOc1cc2scc(I)c2cc1Cl. The fourth-order valence-corrected chi connectivity index (χ4v) is 3.32. The van der Waals surface area contributed by atoms with E-state index in [-0.39, 0.29) is 0 Å². The Bertz CT molecular complexity index is 466. The number of benzene rings is 1. The molecule has 14 heavy (non-hydrogen) atoms. The predicted molar refractivity (Wildman–Crippen MR) is 70.7 cm³/mol. The van der Waals surface area contributed by atoms with Gasteiger partial charge in [-0.1, -0.05) is 11.6 Å². The lowest BCUT2D eigenvalue weighted by molar-refractivity contribution is 0.341. The highest BCUT2D eigenvalue weighted by atomic mass is 127. The van der Waals surface area contributed by atoms with E-state index in [9.17, 15) is 0 Å². The summed E-state index contributed by atoms with van der Waals surface area (Å²) in [5.74, 6) is 0.778. The first-order valence-electron chi connectivity index (χ1n) is 4.21. The summed E-state index contributed by atoms with van der Waals surface area (Å²) in [5, 5.41) is 4.02. The predicted octanol–water partition coefficient (Wildman–Crippen LogP) is 4.56. The van der Waals surface area contributed by atoms with Crippen LogP contribution in [0.3, 0.4) is 0 Å². The molecule has 74 valence electrons. The Morgan fingerprint density at radius 1 is 1.50 bits per heavy atom. The molecule has 2 rings (SSSR count). The second-order valence-corrected chi connectivity index (χ2v) is 5.28. The van der Waals surface area contributed by atoms with E-state index in [1.54, 1.807) is 11.3 Å². The quantitative estimate of drug-likeness (QED) is 0.730. The summed E-state index contributed by atoms with van der Waals surface area (Å²) in [7, 11) is 0. The van der Waals surface area contributed by atoms with Crippen LogP contribution in [0.1, 0.15) is 6.92 Å². The largest absolute Gasteiger partial charge is 0.492 e. The lowest BCUT2D eigenvalue weighted by Crippen LogP contribution is -1.91. The van der Waals surface area contributed by atoms with Gasteiger partial charge in [0.1, 0.15) is 5.75 Å². The molecule has 0 spiro atoms. The zero-order valence-electron chi connectivity index (χ0n) is 7.51. The van der Waals surface area contributed by atoms with E-state index in [0.717, 1.165) is 5.75 Å². The van der Waals surface area contributed by atoms with Gasteiger partial charge in [0.2, 0.25) is 0 Å². The number of hydrogen-bond acceptors (Lipinski definition) is 2. The summed E-state index contributed by atoms with van der Waals surface area (Å²) in [5.41, 5.74) is 0. The van der Waals surface area contributed by atoms with Gasteiger partial charge in [-0.05, 0) is 41.6 Å². The highest BCUT2D eigenvalue weighted by molar-refractivity contribution is 14.1. The first kappa shape index (κ1) is 10.5. The number of ether oxygens (including phenoxy) is 1. The van der Waals surface area contributed by atoms with Crippen LogP contribution in [-0.4, -0.2) is 6.61 Å². The van der Waals surface area contributed by atoms with E-state index in [1.807, 2.05) is 19.1 Å². The van der Waals surface area contributed by atoms with Gasteiger partial charge in [-0.3, -0.25) is 0 Å². The average Bonchev–Trinajstić information content (AvgIpc) is 2.50. The van der Waals surface area contributed by atoms with Crippen molar-refractivity contribution in [1.82, 2.24) is 0 Å². The molecule has 0 saturated heterocycles. The summed E-state index contributed by atoms with van der Waals surface area (Å²) in [6.07, 6.45) is 0. The number of fused-ring (bicyclic) bond motifs is 1. The molecule has 2 aromatic rings. The Morgan fingerprint density at radius 3 is 3.00 bits per heavy atom. The van der Waals surface area contributed by atoms with E-state index >= 15 is 0 Å². The van der Waals surface area contributed by atoms with E-state index < -0.39 is 0 Å². The molecule has 0 radical (unpaired) electrons. The summed E-state index contributed by atoms with van der Waals surface area (Å²) in [4.78, 5) is 0. The van der Waals surface area contributed by atoms with Gasteiger partial charge in [0.05, 0.1) is 11.6 Å². The van der Waals surface area contributed by atoms with Gasteiger partial charge >= 0.3 is 0 Å². The minimum Gasteiger partial charge on any atom is -0.492 e. The van der Waals surface area contributed by atoms with Crippen LogP contribution >= 0.6 is 45.5 Å². The Morgan fingerprint density at radius 2 is 2.29 bits per heavy atom. The third kappa shape index (κ3) is 1.85. The average molecular weight is 339 g/mol. The van der Waals surface area contributed by atoms with Gasteiger partial charge in [0.15, 0.2) is 0 Å². The molecule has 0 amide bonds.